The van der Waals surface area contributed by atoms with Gasteiger partial charge in [0.05, 0.1) is 17.5 Å². The molecule has 0 unspecified atom stereocenters. The molecule has 2 bridgehead atoms. The molecule has 0 amide bonds. The topological polar surface area (TPSA) is 63.7 Å². The standard InChI is InChI=1S/C20H19NO4S/c1-13-6-8-15(9-7-13)26(23,24)21-11-14-10-18-16-4-2-3-5-17(16)19(22)20(14,12-21)25-18/h2-9,14,18H,10-12H2,1H3/t14-,18-,20+/m0/s1. The van der Waals surface area contributed by atoms with E-state index in [1.165, 1.54) is 4.31 Å². The number of ketones is 1. The molecule has 26 heavy (non-hydrogen) atoms. The molecule has 6 heteroatoms. The van der Waals surface area contributed by atoms with Gasteiger partial charge in [0.1, 0.15) is 5.60 Å². The summed E-state index contributed by atoms with van der Waals surface area (Å²) in [5.41, 5.74) is 1.59. The first-order valence-corrected chi connectivity index (χ1v) is 10.2. The van der Waals surface area contributed by atoms with Gasteiger partial charge in [0.15, 0.2) is 5.78 Å². The summed E-state index contributed by atoms with van der Waals surface area (Å²) in [5, 5.41) is 0. The van der Waals surface area contributed by atoms with Gasteiger partial charge in [-0.2, -0.15) is 4.31 Å². The second kappa shape index (κ2) is 5.25. The fourth-order valence-electron chi connectivity index (χ4n) is 4.56. The average Bonchev–Trinajstić information content (AvgIpc) is 3.14. The van der Waals surface area contributed by atoms with Crippen LogP contribution in [0.15, 0.2) is 53.4 Å². The number of aryl methyl sites for hydroxylation is 1. The second-order valence-electron chi connectivity index (χ2n) is 7.46. The van der Waals surface area contributed by atoms with Crippen molar-refractivity contribution in [2.24, 2.45) is 5.92 Å². The molecule has 2 saturated heterocycles. The number of fused-ring (bicyclic) bond motifs is 3. The van der Waals surface area contributed by atoms with Crippen molar-refractivity contribution < 1.29 is 17.9 Å². The predicted molar refractivity (Wildman–Crippen MR) is 95.4 cm³/mol. The molecule has 3 aliphatic heterocycles. The van der Waals surface area contributed by atoms with Crippen molar-refractivity contribution >= 4 is 15.8 Å². The summed E-state index contributed by atoms with van der Waals surface area (Å²) in [6.45, 7) is 2.34. The largest absolute Gasteiger partial charge is 0.357 e. The van der Waals surface area contributed by atoms with E-state index >= 15 is 0 Å². The van der Waals surface area contributed by atoms with Crippen molar-refractivity contribution in [2.45, 2.75) is 29.9 Å². The van der Waals surface area contributed by atoms with Gasteiger partial charge in [-0.05, 0) is 31.0 Å². The van der Waals surface area contributed by atoms with Gasteiger partial charge >= 0.3 is 0 Å². The van der Waals surface area contributed by atoms with Crippen LogP contribution in [0.2, 0.25) is 0 Å². The van der Waals surface area contributed by atoms with Crippen LogP contribution in [-0.4, -0.2) is 37.2 Å². The van der Waals surface area contributed by atoms with Gasteiger partial charge in [0.25, 0.3) is 0 Å². The van der Waals surface area contributed by atoms with Crippen molar-refractivity contribution in [3.05, 3.63) is 65.2 Å². The molecule has 5 rings (SSSR count). The van der Waals surface area contributed by atoms with Gasteiger partial charge in [-0.15, -0.1) is 0 Å². The molecule has 0 aromatic heterocycles. The number of carbonyl (C=O) groups is 1. The van der Waals surface area contributed by atoms with Crippen LogP contribution in [0.25, 0.3) is 0 Å². The Hall–Kier alpha value is -2.02. The number of ether oxygens (including phenoxy) is 1. The minimum Gasteiger partial charge on any atom is -0.357 e. The molecule has 134 valence electrons. The van der Waals surface area contributed by atoms with E-state index in [-0.39, 0.29) is 29.2 Å². The van der Waals surface area contributed by atoms with E-state index in [2.05, 4.69) is 0 Å². The third-order valence-corrected chi connectivity index (χ3v) is 7.77. The van der Waals surface area contributed by atoms with Crippen LogP contribution in [-0.2, 0) is 14.8 Å². The number of carbonyl (C=O) groups excluding carboxylic acids is 1. The Morgan fingerprint density at radius 1 is 1.12 bits per heavy atom. The Labute approximate surface area is 152 Å². The van der Waals surface area contributed by atoms with Gasteiger partial charge in [0.2, 0.25) is 10.0 Å². The van der Waals surface area contributed by atoms with Crippen LogP contribution in [0.4, 0.5) is 0 Å². The fraction of sp³-hybridized carbons (Fsp3) is 0.350. The average molecular weight is 369 g/mol. The zero-order valence-electron chi connectivity index (χ0n) is 14.4. The maximum Gasteiger partial charge on any atom is 0.243 e. The molecule has 2 aromatic rings. The van der Waals surface area contributed by atoms with E-state index in [4.69, 9.17) is 4.74 Å². The number of hydrogen-bond acceptors (Lipinski definition) is 4. The first-order valence-electron chi connectivity index (χ1n) is 8.80. The van der Waals surface area contributed by atoms with Gasteiger partial charge in [0, 0.05) is 18.0 Å². The number of Topliss-reactive ketones (excluding diaryl/α,β-unsaturated/α-hetero) is 1. The van der Waals surface area contributed by atoms with Gasteiger partial charge < -0.3 is 4.74 Å². The molecule has 0 aliphatic carbocycles. The van der Waals surface area contributed by atoms with Crippen LogP contribution in [0.3, 0.4) is 0 Å². The van der Waals surface area contributed by atoms with Crippen LogP contribution >= 0.6 is 0 Å². The number of rotatable bonds is 2. The molecule has 2 aromatic carbocycles. The minimum atomic E-state index is -3.64. The maximum absolute atomic E-state index is 13.2. The quantitative estimate of drug-likeness (QED) is 0.817. The Balaban J connectivity index is 1.52. The highest BCUT2D eigenvalue weighted by atomic mass is 32.2. The van der Waals surface area contributed by atoms with Crippen molar-refractivity contribution in [1.82, 2.24) is 4.31 Å². The number of sulfonamides is 1. The van der Waals surface area contributed by atoms with Gasteiger partial charge in [-0.3, -0.25) is 4.79 Å². The molecule has 2 fully saturated rings. The monoisotopic (exact) mass is 369 g/mol. The van der Waals surface area contributed by atoms with Crippen LogP contribution < -0.4 is 0 Å². The number of hydrogen-bond donors (Lipinski definition) is 0. The van der Waals surface area contributed by atoms with Crippen molar-refractivity contribution in [3.8, 4) is 0 Å². The summed E-state index contributed by atoms with van der Waals surface area (Å²) in [7, 11) is -3.64. The zero-order valence-corrected chi connectivity index (χ0v) is 15.2. The molecule has 1 spiro atoms. The molecule has 0 saturated carbocycles. The van der Waals surface area contributed by atoms with Crippen LogP contribution in [0, 0.1) is 12.8 Å². The van der Waals surface area contributed by atoms with E-state index in [0.29, 0.717) is 18.5 Å². The van der Waals surface area contributed by atoms with Gasteiger partial charge in [-0.1, -0.05) is 42.0 Å². The van der Waals surface area contributed by atoms with Crippen molar-refractivity contribution in [2.75, 3.05) is 13.1 Å². The molecule has 0 N–H and O–H groups in total. The van der Waals surface area contributed by atoms with E-state index in [1.807, 2.05) is 31.2 Å². The first kappa shape index (κ1) is 16.2. The molecule has 3 heterocycles. The van der Waals surface area contributed by atoms with E-state index < -0.39 is 15.6 Å². The first-order chi connectivity index (χ1) is 12.4. The molecule has 0 radical (unpaired) electrons. The number of nitrogens with zero attached hydrogens (tertiary/aromatic N) is 1. The Morgan fingerprint density at radius 2 is 1.85 bits per heavy atom. The predicted octanol–water partition coefficient (Wildman–Crippen LogP) is 2.71. The fourth-order valence-corrected chi connectivity index (χ4v) is 6.08. The molecule has 3 atom stereocenters. The minimum absolute atomic E-state index is 0.0755. The number of benzene rings is 2. The highest BCUT2D eigenvalue weighted by molar-refractivity contribution is 7.89. The van der Waals surface area contributed by atoms with Gasteiger partial charge in [-0.25, -0.2) is 8.42 Å². The summed E-state index contributed by atoms with van der Waals surface area (Å²) in [5.74, 6) is -0.180. The summed E-state index contributed by atoms with van der Waals surface area (Å²) in [4.78, 5) is 13.4. The Bertz CT molecular complexity index is 1010. The Morgan fingerprint density at radius 3 is 2.62 bits per heavy atom. The lowest BCUT2D eigenvalue weighted by Gasteiger charge is -2.33. The molecular weight excluding hydrogens is 350 g/mol. The molecular formula is C20H19NO4S. The summed E-state index contributed by atoms with van der Waals surface area (Å²) in [6, 6.07) is 14.4. The summed E-state index contributed by atoms with van der Waals surface area (Å²) < 4.78 is 33.7. The highest BCUT2D eigenvalue weighted by Crippen LogP contribution is 2.54. The third kappa shape index (κ3) is 2.03. The molecule has 5 nitrogen and oxygen atoms in total. The normalized spacial score (nSPS) is 30.3. The lowest BCUT2D eigenvalue weighted by atomic mass is 9.85. The Kier molecular flexibility index (Phi) is 3.27. The van der Waals surface area contributed by atoms with E-state index in [9.17, 15) is 13.2 Å². The molecule has 3 aliphatic rings. The zero-order chi connectivity index (χ0) is 18.1. The third-order valence-electron chi connectivity index (χ3n) is 5.94. The van der Waals surface area contributed by atoms with Crippen molar-refractivity contribution in [3.63, 3.8) is 0 Å². The lowest BCUT2D eigenvalue weighted by Crippen LogP contribution is -2.48. The van der Waals surface area contributed by atoms with Crippen molar-refractivity contribution in [1.29, 1.82) is 0 Å². The van der Waals surface area contributed by atoms with E-state index in [0.717, 1.165) is 11.1 Å². The second-order valence-corrected chi connectivity index (χ2v) is 9.39. The SMILES string of the molecule is Cc1ccc(S(=O)(=O)N2C[C@@H]3C[C@@H]4O[C@@]3(C2)C(=O)c2ccccc24)cc1. The van der Waals surface area contributed by atoms with Crippen LogP contribution in [0.5, 0.6) is 0 Å². The van der Waals surface area contributed by atoms with Crippen LogP contribution in [0.1, 0.15) is 34.0 Å². The maximum atomic E-state index is 13.2. The van der Waals surface area contributed by atoms with E-state index in [1.54, 1.807) is 24.3 Å². The smallest absolute Gasteiger partial charge is 0.243 e. The lowest BCUT2D eigenvalue weighted by molar-refractivity contribution is -0.0342. The summed E-state index contributed by atoms with van der Waals surface area (Å²) in [6.07, 6.45) is 0.570. The highest BCUT2D eigenvalue weighted by Gasteiger charge is 2.63. The summed E-state index contributed by atoms with van der Waals surface area (Å²) >= 11 is 0.